The number of carbonyl (C=O) groups is 4. The Balaban J connectivity index is 1.71. The first-order valence-electron chi connectivity index (χ1n) is 18.3. The molecule has 0 radical (unpaired) electrons. The molecule has 1 aromatic carbocycles. The average molecular weight is 826 g/mol. The molecule has 3 heterocycles. The molecular weight excluding hydrogens is 770 g/mol. The normalized spacial score (nSPS) is 30.8. The van der Waals surface area contributed by atoms with Crippen molar-refractivity contribution in [3.63, 3.8) is 0 Å². The van der Waals surface area contributed by atoms with Crippen molar-refractivity contribution >= 4 is 63.6 Å². The van der Waals surface area contributed by atoms with E-state index in [1.165, 1.54) is 34.8 Å². The minimum Gasteiger partial charge on any atom is -0.495 e. The molecule has 0 aliphatic carbocycles. The molecule has 3 amide bonds. The Morgan fingerprint density at radius 1 is 1.27 bits per heavy atom. The van der Waals surface area contributed by atoms with Crippen LogP contribution in [0.5, 0.6) is 5.75 Å². The quantitative estimate of drug-likeness (QED) is 0.112. The number of nitrogens with one attached hydrogen (secondary N) is 1. The second-order valence-corrected chi connectivity index (χ2v) is 17.5. The summed E-state index contributed by atoms with van der Waals surface area (Å²) in [4.78, 5) is 56.9. The fourth-order valence-corrected chi connectivity index (χ4v) is 8.94. The number of nitrogens with zero attached hydrogens (tertiary/aromatic N) is 2. The molecule has 0 aromatic heterocycles. The number of alkyl carbamates (subject to hydrolysis) is 1. The summed E-state index contributed by atoms with van der Waals surface area (Å²) in [5, 5.41) is 14.5. The van der Waals surface area contributed by atoms with E-state index in [0.717, 1.165) is 16.9 Å². The number of halogens is 1. The molecule has 8 atom stereocenters. The van der Waals surface area contributed by atoms with Crippen molar-refractivity contribution < 1.29 is 48.0 Å². The van der Waals surface area contributed by atoms with Crippen LogP contribution in [0.15, 0.2) is 35.9 Å². The van der Waals surface area contributed by atoms with Crippen molar-refractivity contribution in [3.05, 3.63) is 46.5 Å². The molecule has 55 heavy (non-hydrogen) atoms. The molecule has 2 fully saturated rings. The third kappa shape index (κ3) is 10.5. The van der Waals surface area contributed by atoms with E-state index in [2.05, 4.69) is 30.8 Å². The number of carbonyl (C=O) groups excluding carboxylic acids is 4. The number of likely N-dealkylation sites (N-methyl/N-ethyl adjacent to an activating group) is 1. The number of hydrogen-bond donors (Lipinski definition) is 3. The number of benzene rings is 1. The number of hydrogen-bond acceptors (Lipinski definition) is 12. The molecular formula is C39H56ClN3O10S2. The van der Waals surface area contributed by atoms with Gasteiger partial charge in [-0.1, -0.05) is 67.0 Å². The zero-order chi connectivity index (χ0) is 41.0. The molecule has 0 spiro atoms. The Morgan fingerprint density at radius 3 is 2.60 bits per heavy atom. The van der Waals surface area contributed by atoms with E-state index in [9.17, 15) is 24.3 Å². The van der Waals surface area contributed by atoms with Crippen molar-refractivity contribution in [2.24, 2.45) is 11.3 Å². The Labute approximate surface area is 338 Å². The van der Waals surface area contributed by atoms with Gasteiger partial charge in [-0.15, -0.1) is 11.7 Å². The summed E-state index contributed by atoms with van der Waals surface area (Å²) in [6, 6.07) is 2.61. The molecule has 2 N–H and O–H groups in total. The van der Waals surface area contributed by atoms with E-state index >= 15 is 0 Å². The van der Waals surface area contributed by atoms with Gasteiger partial charge in [-0.05, 0) is 56.7 Å². The molecule has 3 aliphatic heterocycles. The largest absolute Gasteiger partial charge is 0.495 e. The first-order valence-corrected chi connectivity index (χ1v) is 20.7. The molecule has 0 saturated carbocycles. The number of esters is 1. The molecule has 13 nitrogen and oxygen atoms in total. The third-order valence-corrected chi connectivity index (χ3v) is 12.7. The van der Waals surface area contributed by atoms with E-state index in [0.29, 0.717) is 24.3 Å². The van der Waals surface area contributed by atoms with Gasteiger partial charge in [0.05, 0.1) is 25.3 Å². The van der Waals surface area contributed by atoms with E-state index in [1.54, 1.807) is 59.2 Å². The highest BCUT2D eigenvalue weighted by Gasteiger charge is 2.64. The number of allylic oxidation sites excluding steroid dienone is 3. The summed E-state index contributed by atoms with van der Waals surface area (Å²) in [5.41, 5.74) is -1.05. The number of thiol groups is 1. The summed E-state index contributed by atoms with van der Waals surface area (Å²) < 4.78 is 29.3. The van der Waals surface area contributed by atoms with Crippen LogP contribution < -0.4 is 15.0 Å². The topological polar surface area (TPSA) is 156 Å². The standard InChI is InChI=1S/C39H56ClN3O10S2/c1-22-12-11-13-29(50-10)39(48)20-28(51-36(47)41-39)23(2)34-38(6,53-34)30(19-32(45)43(8)26-17-25(16-22)18-27(49-9)33(26)40)52-35(46)24(3)42(7)31(44)14-15-37(4,5)21-55-54/h11-13,17-18,23-24,28-30,34,48,54H,14-16,19-21H2,1-10H3,(H,41,47)/b13-11+,22-12+/t23-,24+,28+,29-,30+,34+,38+,39+/m1/s1. The van der Waals surface area contributed by atoms with Crippen LogP contribution in [0.3, 0.4) is 0 Å². The second kappa shape index (κ2) is 18.1. The van der Waals surface area contributed by atoms with Gasteiger partial charge in [0, 0.05) is 45.7 Å². The smallest absolute Gasteiger partial charge is 0.409 e. The average Bonchev–Trinajstić information content (AvgIpc) is 3.82. The van der Waals surface area contributed by atoms with Crippen LogP contribution >= 0.6 is 34.1 Å². The maximum atomic E-state index is 14.2. The summed E-state index contributed by atoms with van der Waals surface area (Å²) in [5.74, 6) is -0.774. The van der Waals surface area contributed by atoms with Gasteiger partial charge in [0.25, 0.3) is 0 Å². The maximum absolute atomic E-state index is 14.2. The number of amides is 3. The van der Waals surface area contributed by atoms with Gasteiger partial charge in [-0.25, -0.2) is 9.59 Å². The van der Waals surface area contributed by atoms with Crippen LogP contribution in [0.4, 0.5) is 10.5 Å². The monoisotopic (exact) mass is 825 g/mol. The van der Waals surface area contributed by atoms with Gasteiger partial charge >= 0.3 is 12.1 Å². The fourth-order valence-electron chi connectivity index (χ4n) is 7.09. The molecule has 0 unspecified atom stereocenters. The third-order valence-electron chi connectivity index (χ3n) is 11.0. The van der Waals surface area contributed by atoms with Crippen molar-refractivity contribution in [1.82, 2.24) is 10.2 Å². The van der Waals surface area contributed by atoms with Gasteiger partial charge < -0.3 is 38.6 Å². The lowest BCUT2D eigenvalue weighted by Gasteiger charge is -2.42. The Morgan fingerprint density at radius 2 is 1.96 bits per heavy atom. The predicted molar refractivity (Wildman–Crippen MR) is 215 cm³/mol. The summed E-state index contributed by atoms with van der Waals surface area (Å²) >= 11 is 11.0. The van der Waals surface area contributed by atoms with Gasteiger partial charge in [0.2, 0.25) is 11.8 Å². The molecule has 16 heteroatoms. The van der Waals surface area contributed by atoms with Crippen molar-refractivity contribution in [3.8, 4) is 5.75 Å². The fraction of sp³-hybridized carbons (Fsp3) is 0.641. The maximum Gasteiger partial charge on any atom is 0.409 e. The number of anilines is 1. The molecule has 4 bridgehead atoms. The summed E-state index contributed by atoms with van der Waals surface area (Å²) in [6.07, 6.45) is 1.77. The van der Waals surface area contributed by atoms with E-state index in [4.69, 9.17) is 35.3 Å². The van der Waals surface area contributed by atoms with Crippen LogP contribution in [0.25, 0.3) is 0 Å². The summed E-state index contributed by atoms with van der Waals surface area (Å²) in [7, 11) is 7.47. The number of epoxide rings is 1. The van der Waals surface area contributed by atoms with E-state index in [1.807, 2.05) is 13.0 Å². The number of methoxy groups -OCH3 is 2. The highest BCUT2D eigenvalue weighted by Crippen LogP contribution is 2.49. The summed E-state index contributed by atoms with van der Waals surface area (Å²) in [6.45, 7) is 11.1. The van der Waals surface area contributed by atoms with Gasteiger partial charge in [0.15, 0.2) is 5.72 Å². The van der Waals surface area contributed by atoms with Crippen molar-refractivity contribution in [2.45, 2.75) is 115 Å². The van der Waals surface area contributed by atoms with E-state index < -0.39 is 65.7 Å². The number of rotatable bonds is 10. The predicted octanol–water partition coefficient (Wildman–Crippen LogP) is 5.90. The van der Waals surface area contributed by atoms with Gasteiger partial charge in [-0.3, -0.25) is 14.9 Å². The molecule has 2 saturated heterocycles. The lowest BCUT2D eigenvalue weighted by atomic mass is 9.83. The van der Waals surface area contributed by atoms with Crippen LogP contribution in [0.1, 0.15) is 72.8 Å². The Kier molecular flexibility index (Phi) is 14.7. The Hall–Kier alpha value is -2.95. The minimum absolute atomic E-state index is 0.0505. The molecule has 4 rings (SSSR count). The molecule has 3 aliphatic rings. The van der Waals surface area contributed by atoms with Crippen LogP contribution in [0.2, 0.25) is 5.02 Å². The highest BCUT2D eigenvalue weighted by molar-refractivity contribution is 8.68. The van der Waals surface area contributed by atoms with Crippen LogP contribution in [0, 0.1) is 11.3 Å². The second-order valence-electron chi connectivity index (χ2n) is 15.8. The molecule has 1 aromatic rings. The Bertz CT molecular complexity index is 1680. The van der Waals surface area contributed by atoms with E-state index in [-0.39, 0.29) is 35.6 Å². The minimum atomic E-state index is -1.83. The zero-order valence-corrected chi connectivity index (χ0v) is 35.8. The van der Waals surface area contributed by atoms with Gasteiger partial charge in [-0.2, -0.15) is 0 Å². The lowest BCUT2D eigenvalue weighted by molar-refractivity contribution is -0.162. The first kappa shape index (κ1) is 44.8. The van der Waals surface area contributed by atoms with Crippen LogP contribution in [-0.2, 0) is 39.8 Å². The SMILES string of the molecule is COc1cc2cc(c1Cl)N(C)C(=O)C[C@H](OC(=O)[C@H](C)N(C)C(=O)CCC(C)(C)CSS)[C@]1(C)O[C@H]1[C@H](C)[C@@H]1C[C@@](O)(NC(=O)O1)[C@H](OC)/C=C/C=C(\C)C2. The van der Waals surface area contributed by atoms with Crippen molar-refractivity contribution in [2.75, 3.05) is 39.0 Å². The number of aliphatic hydroxyl groups is 1. The number of fused-ring (bicyclic) bond motifs is 5. The molecule has 306 valence electrons. The first-order chi connectivity index (χ1) is 25.7. The highest BCUT2D eigenvalue weighted by atomic mass is 35.5. The lowest BCUT2D eigenvalue weighted by Crippen LogP contribution is -2.63. The zero-order valence-electron chi connectivity index (χ0n) is 33.3. The van der Waals surface area contributed by atoms with Gasteiger partial charge in [0.1, 0.15) is 40.7 Å². The van der Waals surface area contributed by atoms with Crippen molar-refractivity contribution in [1.29, 1.82) is 0 Å². The van der Waals surface area contributed by atoms with Crippen LogP contribution in [-0.4, -0.2) is 110 Å². The number of ether oxygens (including phenoxy) is 5.